The Balaban J connectivity index is 1.32. The van der Waals surface area contributed by atoms with Crippen LogP contribution in [0.4, 0.5) is 4.39 Å². The van der Waals surface area contributed by atoms with Crippen molar-refractivity contribution in [1.82, 2.24) is 20.5 Å². The van der Waals surface area contributed by atoms with Gasteiger partial charge in [-0.1, -0.05) is 0 Å². The van der Waals surface area contributed by atoms with E-state index in [9.17, 15) is 4.39 Å². The summed E-state index contributed by atoms with van der Waals surface area (Å²) in [4.78, 5) is 9.87. The van der Waals surface area contributed by atoms with Crippen LogP contribution in [0.3, 0.4) is 0 Å². The Hall–Kier alpha value is -2.12. The topological polar surface area (TPSA) is 64.7 Å². The molecule has 3 N–H and O–H groups in total. The molecule has 3 rings (SSSR count). The van der Waals surface area contributed by atoms with Crippen molar-refractivity contribution in [3.63, 3.8) is 0 Å². The number of hydrogen-bond donors (Lipinski definition) is 3. The molecule has 1 aromatic carbocycles. The average molecular weight is 375 g/mol. The van der Waals surface area contributed by atoms with Crippen LogP contribution in [0.1, 0.15) is 18.4 Å². The third kappa shape index (κ3) is 5.94. The van der Waals surface area contributed by atoms with E-state index in [2.05, 4.69) is 25.5 Å². The number of guanidine groups is 1. The van der Waals surface area contributed by atoms with E-state index < -0.39 is 0 Å². The van der Waals surface area contributed by atoms with Gasteiger partial charge in [-0.25, -0.2) is 4.39 Å². The second-order valence-corrected chi connectivity index (χ2v) is 6.84. The van der Waals surface area contributed by atoms with Gasteiger partial charge in [0.05, 0.1) is 13.2 Å². The second-order valence-electron chi connectivity index (χ2n) is 6.84. The molecule has 27 heavy (non-hydrogen) atoms. The molecule has 2 heterocycles. The number of rotatable bonds is 8. The van der Waals surface area contributed by atoms with Crippen LogP contribution < -0.4 is 10.6 Å². The fourth-order valence-corrected chi connectivity index (χ4v) is 3.39. The van der Waals surface area contributed by atoms with Gasteiger partial charge in [-0.2, -0.15) is 0 Å². The van der Waals surface area contributed by atoms with E-state index in [0.29, 0.717) is 0 Å². The first-order valence-corrected chi connectivity index (χ1v) is 9.76. The van der Waals surface area contributed by atoms with E-state index in [1.165, 1.54) is 24.1 Å². The van der Waals surface area contributed by atoms with Crippen molar-refractivity contribution in [3.05, 3.63) is 35.8 Å². The van der Waals surface area contributed by atoms with Gasteiger partial charge < -0.3 is 20.4 Å². The quantitative estimate of drug-likeness (QED) is 0.376. The van der Waals surface area contributed by atoms with Gasteiger partial charge in [0, 0.05) is 50.3 Å². The lowest BCUT2D eigenvalue weighted by Crippen LogP contribution is -2.39. The number of morpholine rings is 1. The monoisotopic (exact) mass is 375 g/mol. The number of nitrogens with one attached hydrogen (secondary N) is 3. The molecule has 0 bridgehead atoms. The molecule has 6 nitrogen and oxygen atoms in total. The highest BCUT2D eigenvalue weighted by molar-refractivity contribution is 5.83. The predicted octanol–water partition coefficient (Wildman–Crippen LogP) is 2.13. The Morgan fingerprint density at radius 2 is 2.04 bits per heavy atom. The minimum absolute atomic E-state index is 0.216. The number of halogens is 1. The van der Waals surface area contributed by atoms with E-state index in [4.69, 9.17) is 4.74 Å². The SMILES string of the molecule is CN=C(NCCCCN1CCOCC1)NCCc1c[nH]c2cc(F)ccc12. The van der Waals surface area contributed by atoms with Crippen LogP contribution in [0, 0.1) is 5.82 Å². The van der Waals surface area contributed by atoms with E-state index in [-0.39, 0.29) is 5.82 Å². The predicted molar refractivity (Wildman–Crippen MR) is 108 cm³/mol. The largest absolute Gasteiger partial charge is 0.379 e. The molecule has 1 aromatic heterocycles. The number of benzene rings is 1. The third-order valence-electron chi connectivity index (χ3n) is 4.94. The summed E-state index contributed by atoms with van der Waals surface area (Å²) >= 11 is 0. The van der Waals surface area contributed by atoms with E-state index >= 15 is 0 Å². The van der Waals surface area contributed by atoms with Crippen LogP contribution in [-0.2, 0) is 11.2 Å². The summed E-state index contributed by atoms with van der Waals surface area (Å²) in [7, 11) is 1.79. The van der Waals surface area contributed by atoms with Gasteiger partial charge in [0.15, 0.2) is 5.96 Å². The molecule has 0 unspecified atom stereocenters. The van der Waals surface area contributed by atoms with Crippen molar-refractivity contribution >= 4 is 16.9 Å². The summed E-state index contributed by atoms with van der Waals surface area (Å²) in [6.07, 6.45) is 5.10. The fourth-order valence-electron chi connectivity index (χ4n) is 3.39. The van der Waals surface area contributed by atoms with Crippen LogP contribution in [0.15, 0.2) is 29.4 Å². The maximum atomic E-state index is 13.3. The molecular weight excluding hydrogens is 345 g/mol. The Morgan fingerprint density at radius 1 is 1.22 bits per heavy atom. The molecule has 1 aliphatic heterocycles. The van der Waals surface area contributed by atoms with Crippen molar-refractivity contribution in [3.8, 4) is 0 Å². The van der Waals surface area contributed by atoms with Crippen LogP contribution in [-0.4, -0.2) is 68.8 Å². The van der Waals surface area contributed by atoms with Crippen LogP contribution in [0.5, 0.6) is 0 Å². The van der Waals surface area contributed by atoms with Crippen molar-refractivity contribution in [2.45, 2.75) is 19.3 Å². The smallest absolute Gasteiger partial charge is 0.190 e. The standard InChI is InChI=1S/C20H30FN5O/c1-22-20(23-7-2-3-9-26-10-12-27-13-11-26)24-8-6-16-15-25-19-14-17(21)4-5-18(16)19/h4-5,14-15,25H,2-3,6-13H2,1H3,(H2,22,23,24). The fraction of sp³-hybridized carbons (Fsp3) is 0.550. The Kier molecular flexibility index (Phi) is 7.47. The van der Waals surface area contributed by atoms with E-state index in [1.807, 2.05) is 12.3 Å². The zero-order valence-corrected chi connectivity index (χ0v) is 16.1. The van der Waals surface area contributed by atoms with Crippen molar-refractivity contribution in [2.24, 2.45) is 4.99 Å². The lowest BCUT2D eigenvalue weighted by atomic mass is 10.1. The number of fused-ring (bicyclic) bond motifs is 1. The molecule has 2 aromatic rings. The molecule has 7 heteroatoms. The summed E-state index contributed by atoms with van der Waals surface area (Å²) in [6, 6.07) is 4.87. The van der Waals surface area contributed by atoms with Crippen LogP contribution >= 0.6 is 0 Å². The number of aromatic nitrogens is 1. The maximum Gasteiger partial charge on any atom is 0.190 e. The first-order chi connectivity index (χ1) is 13.3. The normalized spacial score (nSPS) is 16.0. The Morgan fingerprint density at radius 3 is 2.85 bits per heavy atom. The third-order valence-corrected chi connectivity index (χ3v) is 4.94. The van der Waals surface area contributed by atoms with Gasteiger partial charge in [-0.05, 0) is 49.6 Å². The summed E-state index contributed by atoms with van der Waals surface area (Å²) in [6.45, 7) is 6.65. The van der Waals surface area contributed by atoms with Crippen molar-refractivity contribution < 1.29 is 9.13 Å². The molecule has 1 fully saturated rings. The number of aromatic amines is 1. The molecule has 1 aliphatic rings. The highest BCUT2D eigenvalue weighted by atomic mass is 19.1. The number of unbranched alkanes of at least 4 members (excludes halogenated alkanes) is 1. The Labute approximate surface area is 160 Å². The lowest BCUT2D eigenvalue weighted by Gasteiger charge is -2.26. The maximum absolute atomic E-state index is 13.3. The number of aliphatic imine (C=N–C) groups is 1. The molecule has 0 aliphatic carbocycles. The molecule has 148 valence electrons. The average Bonchev–Trinajstić information content (AvgIpc) is 3.09. The molecule has 0 spiro atoms. The summed E-state index contributed by atoms with van der Waals surface area (Å²) in [5, 5.41) is 7.79. The number of H-pyrrole nitrogens is 1. The summed E-state index contributed by atoms with van der Waals surface area (Å²) in [5.41, 5.74) is 2.02. The van der Waals surface area contributed by atoms with Crippen LogP contribution in [0.25, 0.3) is 10.9 Å². The zero-order chi connectivity index (χ0) is 18.9. The molecular formula is C20H30FN5O. The minimum Gasteiger partial charge on any atom is -0.379 e. The highest BCUT2D eigenvalue weighted by Gasteiger charge is 2.09. The van der Waals surface area contributed by atoms with Crippen molar-refractivity contribution in [2.75, 3.05) is 53.0 Å². The first kappa shape index (κ1) is 19.6. The molecule has 0 saturated carbocycles. The van der Waals surface area contributed by atoms with Gasteiger partial charge in [0.25, 0.3) is 0 Å². The van der Waals surface area contributed by atoms with Gasteiger partial charge in [0.2, 0.25) is 0 Å². The highest BCUT2D eigenvalue weighted by Crippen LogP contribution is 2.19. The lowest BCUT2D eigenvalue weighted by molar-refractivity contribution is 0.0372. The van der Waals surface area contributed by atoms with Gasteiger partial charge in [0.1, 0.15) is 5.82 Å². The number of ether oxygens (including phenoxy) is 1. The van der Waals surface area contributed by atoms with Gasteiger partial charge in [-0.15, -0.1) is 0 Å². The molecule has 0 atom stereocenters. The zero-order valence-electron chi connectivity index (χ0n) is 16.1. The second kappa shape index (κ2) is 10.3. The summed E-state index contributed by atoms with van der Waals surface area (Å²) < 4.78 is 18.6. The Bertz CT molecular complexity index is 739. The minimum atomic E-state index is -0.216. The van der Waals surface area contributed by atoms with Gasteiger partial charge in [-0.3, -0.25) is 9.89 Å². The number of hydrogen-bond acceptors (Lipinski definition) is 3. The summed E-state index contributed by atoms with van der Waals surface area (Å²) in [5.74, 6) is 0.611. The van der Waals surface area contributed by atoms with Crippen molar-refractivity contribution in [1.29, 1.82) is 0 Å². The number of nitrogens with zero attached hydrogens (tertiary/aromatic N) is 2. The molecule has 0 radical (unpaired) electrons. The molecule has 1 saturated heterocycles. The molecule has 0 amide bonds. The first-order valence-electron chi connectivity index (χ1n) is 9.76. The van der Waals surface area contributed by atoms with E-state index in [0.717, 1.165) is 75.6 Å². The van der Waals surface area contributed by atoms with E-state index in [1.54, 1.807) is 7.05 Å². The van der Waals surface area contributed by atoms with Crippen LogP contribution in [0.2, 0.25) is 0 Å². The van der Waals surface area contributed by atoms with Gasteiger partial charge >= 0.3 is 0 Å².